The molecule has 0 unspecified atom stereocenters. The summed E-state index contributed by atoms with van der Waals surface area (Å²) in [6.45, 7) is 2.90. The van der Waals surface area contributed by atoms with Crippen LogP contribution < -0.4 is 5.32 Å². The van der Waals surface area contributed by atoms with E-state index in [0.717, 1.165) is 13.1 Å². The van der Waals surface area contributed by atoms with E-state index in [2.05, 4.69) is 5.32 Å². The van der Waals surface area contributed by atoms with Crippen molar-refractivity contribution in [3.05, 3.63) is 34.1 Å². The first-order chi connectivity index (χ1) is 8.09. The van der Waals surface area contributed by atoms with Crippen LogP contribution in [0.15, 0.2) is 6.07 Å². The first kappa shape index (κ1) is 12.7. The molecule has 17 heavy (non-hydrogen) atoms. The maximum absolute atomic E-state index is 13.6. The van der Waals surface area contributed by atoms with Gasteiger partial charge in [-0.25, -0.2) is 13.2 Å². The fourth-order valence-electron chi connectivity index (χ4n) is 1.85. The smallest absolute Gasteiger partial charge is 0.166 e. The molecule has 6 heteroatoms. The van der Waals surface area contributed by atoms with E-state index in [0.29, 0.717) is 19.2 Å². The van der Waals surface area contributed by atoms with Crippen molar-refractivity contribution in [1.29, 1.82) is 0 Å². The van der Waals surface area contributed by atoms with Crippen molar-refractivity contribution in [2.24, 2.45) is 0 Å². The average molecular weight is 265 g/mol. The van der Waals surface area contributed by atoms with Crippen LogP contribution in [0, 0.1) is 17.5 Å². The lowest BCUT2D eigenvalue weighted by Crippen LogP contribution is -2.43. The molecule has 1 aromatic rings. The molecule has 1 aliphatic heterocycles. The number of benzene rings is 1. The fraction of sp³-hybridized carbons (Fsp3) is 0.455. The van der Waals surface area contributed by atoms with Gasteiger partial charge < -0.3 is 5.32 Å². The average Bonchev–Trinajstić information content (AvgIpc) is 2.33. The van der Waals surface area contributed by atoms with E-state index < -0.39 is 17.5 Å². The second-order valence-corrected chi connectivity index (χ2v) is 4.38. The van der Waals surface area contributed by atoms with Gasteiger partial charge in [0.25, 0.3) is 0 Å². The molecular formula is C11H12ClF3N2. The highest BCUT2D eigenvalue weighted by Gasteiger charge is 2.20. The van der Waals surface area contributed by atoms with Gasteiger partial charge in [-0.05, 0) is 6.07 Å². The Kier molecular flexibility index (Phi) is 3.91. The van der Waals surface area contributed by atoms with Gasteiger partial charge in [-0.3, -0.25) is 4.90 Å². The molecule has 0 spiro atoms. The predicted octanol–water partition coefficient (Wildman–Crippen LogP) is 2.16. The van der Waals surface area contributed by atoms with E-state index in [-0.39, 0.29) is 17.1 Å². The van der Waals surface area contributed by atoms with Crippen LogP contribution in [0.3, 0.4) is 0 Å². The summed E-state index contributed by atoms with van der Waals surface area (Å²) >= 11 is 5.50. The topological polar surface area (TPSA) is 15.3 Å². The summed E-state index contributed by atoms with van der Waals surface area (Å²) in [5.41, 5.74) is -0.295. The summed E-state index contributed by atoms with van der Waals surface area (Å²) in [4.78, 5) is 1.85. The minimum atomic E-state index is -1.15. The fourth-order valence-corrected chi connectivity index (χ4v) is 2.06. The van der Waals surface area contributed by atoms with Gasteiger partial charge in [-0.15, -0.1) is 0 Å². The second-order valence-electron chi connectivity index (χ2n) is 3.97. The summed E-state index contributed by atoms with van der Waals surface area (Å²) < 4.78 is 40.2. The van der Waals surface area contributed by atoms with E-state index in [1.807, 2.05) is 4.90 Å². The van der Waals surface area contributed by atoms with Crippen molar-refractivity contribution in [2.75, 3.05) is 26.2 Å². The third-order valence-corrected chi connectivity index (χ3v) is 3.07. The van der Waals surface area contributed by atoms with E-state index in [9.17, 15) is 13.2 Å². The highest BCUT2D eigenvalue weighted by molar-refractivity contribution is 6.30. The molecular weight excluding hydrogens is 253 g/mol. The molecule has 2 rings (SSSR count). The van der Waals surface area contributed by atoms with Crippen LogP contribution in [0.25, 0.3) is 0 Å². The third-order valence-electron chi connectivity index (χ3n) is 2.79. The van der Waals surface area contributed by atoms with E-state index in [1.165, 1.54) is 0 Å². The number of hydrogen-bond acceptors (Lipinski definition) is 2. The molecule has 0 bridgehead atoms. The first-order valence-corrected chi connectivity index (χ1v) is 5.72. The van der Waals surface area contributed by atoms with Crippen molar-refractivity contribution in [3.8, 4) is 0 Å². The standard InChI is InChI=1S/C11H12ClF3N2/c12-8-5-9(13)11(15)7(10(8)14)6-17-3-1-16-2-4-17/h5,16H,1-4,6H2. The van der Waals surface area contributed by atoms with E-state index in [1.54, 1.807) is 0 Å². The summed E-state index contributed by atoms with van der Waals surface area (Å²) in [7, 11) is 0. The number of hydrogen-bond donors (Lipinski definition) is 1. The molecule has 0 saturated carbocycles. The van der Waals surface area contributed by atoms with Crippen molar-refractivity contribution in [2.45, 2.75) is 6.54 Å². The summed E-state index contributed by atoms with van der Waals surface area (Å²) in [5.74, 6) is -3.13. The molecule has 1 heterocycles. The number of rotatable bonds is 2. The second kappa shape index (κ2) is 5.25. The Morgan fingerprint density at radius 2 is 1.82 bits per heavy atom. The Hall–Kier alpha value is -0.780. The number of nitrogens with one attached hydrogen (secondary N) is 1. The van der Waals surface area contributed by atoms with Crippen LogP contribution in [0.1, 0.15) is 5.56 Å². The monoisotopic (exact) mass is 264 g/mol. The Labute approximate surface area is 102 Å². The predicted molar refractivity (Wildman–Crippen MR) is 59.5 cm³/mol. The molecule has 1 aromatic carbocycles. The van der Waals surface area contributed by atoms with Crippen LogP contribution in [0.5, 0.6) is 0 Å². The molecule has 1 saturated heterocycles. The molecule has 0 aliphatic carbocycles. The van der Waals surface area contributed by atoms with Crippen LogP contribution in [-0.2, 0) is 6.54 Å². The quantitative estimate of drug-likeness (QED) is 0.824. The maximum Gasteiger partial charge on any atom is 0.166 e. The summed E-state index contributed by atoms with van der Waals surface area (Å²) in [5, 5.41) is 2.74. The normalized spacial score (nSPS) is 17.4. The Morgan fingerprint density at radius 3 is 2.47 bits per heavy atom. The third kappa shape index (κ3) is 2.73. The molecule has 1 fully saturated rings. The summed E-state index contributed by atoms with van der Waals surface area (Å²) in [6, 6.07) is 0.660. The van der Waals surface area contributed by atoms with Crippen molar-refractivity contribution >= 4 is 11.6 Å². The van der Waals surface area contributed by atoms with Gasteiger partial charge in [-0.2, -0.15) is 0 Å². The highest BCUT2D eigenvalue weighted by Crippen LogP contribution is 2.25. The lowest BCUT2D eigenvalue weighted by molar-refractivity contribution is 0.226. The van der Waals surface area contributed by atoms with Gasteiger partial charge in [0, 0.05) is 38.3 Å². The van der Waals surface area contributed by atoms with Crippen LogP contribution >= 0.6 is 11.6 Å². The van der Waals surface area contributed by atoms with Crippen LogP contribution in [0.4, 0.5) is 13.2 Å². The van der Waals surface area contributed by atoms with Crippen molar-refractivity contribution < 1.29 is 13.2 Å². The van der Waals surface area contributed by atoms with E-state index in [4.69, 9.17) is 11.6 Å². The minimum Gasteiger partial charge on any atom is -0.314 e. The molecule has 0 atom stereocenters. The SMILES string of the molecule is Fc1cc(Cl)c(F)c(CN2CCNCC2)c1F. The van der Waals surface area contributed by atoms with Crippen molar-refractivity contribution in [3.63, 3.8) is 0 Å². The van der Waals surface area contributed by atoms with Crippen LogP contribution in [-0.4, -0.2) is 31.1 Å². The molecule has 0 aromatic heterocycles. The lowest BCUT2D eigenvalue weighted by Gasteiger charge is -2.27. The minimum absolute atomic E-state index is 0.0385. The van der Waals surface area contributed by atoms with Crippen LogP contribution in [0.2, 0.25) is 5.02 Å². The molecule has 1 aliphatic rings. The number of nitrogens with zero attached hydrogens (tertiary/aromatic N) is 1. The van der Waals surface area contributed by atoms with Gasteiger partial charge in [0.2, 0.25) is 0 Å². The summed E-state index contributed by atoms with van der Waals surface area (Å²) in [6.07, 6.45) is 0. The largest absolute Gasteiger partial charge is 0.314 e. The number of halogens is 4. The maximum atomic E-state index is 13.6. The molecule has 1 N–H and O–H groups in total. The van der Waals surface area contributed by atoms with Gasteiger partial charge in [0.15, 0.2) is 11.6 Å². The zero-order valence-corrected chi connectivity index (χ0v) is 9.83. The molecule has 2 nitrogen and oxygen atoms in total. The van der Waals surface area contributed by atoms with Gasteiger partial charge in [0.1, 0.15) is 5.82 Å². The Morgan fingerprint density at radius 1 is 1.18 bits per heavy atom. The molecule has 94 valence electrons. The zero-order valence-electron chi connectivity index (χ0n) is 9.07. The zero-order chi connectivity index (χ0) is 12.4. The highest BCUT2D eigenvalue weighted by atomic mass is 35.5. The van der Waals surface area contributed by atoms with Crippen molar-refractivity contribution in [1.82, 2.24) is 10.2 Å². The first-order valence-electron chi connectivity index (χ1n) is 5.34. The Balaban J connectivity index is 2.24. The molecule has 0 radical (unpaired) electrons. The van der Waals surface area contributed by atoms with Gasteiger partial charge >= 0.3 is 0 Å². The Bertz CT molecular complexity index is 393. The number of piperazine rings is 1. The lowest BCUT2D eigenvalue weighted by atomic mass is 10.1. The molecule has 0 amide bonds. The van der Waals surface area contributed by atoms with Gasteiger partial charge in [0.05, 0.1) is 5.02 Å². The van der Waals surface area contributed by atoms with Gasteiger partial charge in [-0.1, -0.05) is 11.6 Å². The van der Waals surface area contributed by atoms with E-state index >= 15 is 0 Å².